The molecule has 0 unspecified atom stereocenters. The van der Waals surface area contributed by atoms with E-state index in [0.29, 0.717) is 17.9 Å². The van der Waals surface area contributed by atoms with Crippen molar-refractivity contribution in [2.24, 2.45) is 10.7 Å². The van der Waals surface area contributed by atoms with Crippen LogP contribution in [-0.4, -0.2) is 54.1 Å². The minimum Gasteiger partial charge on any atom is -0.360 e. The van der Waals surface area contributed by atoms with Gasteiger partial charge in [0.2, 0.25) is 0 Å². The summed E-state index contributed by atoms with van der Waals surface area (Å²) in [4.78, 5) is 31.5. The molecule has 2 aliphatic rings. The molecule has 0 aliphatic carbocycles. The number of rotatable bonds is 3. The maximum absolute atomic E-state index is 11.7. The summed E-state index contributed by atoms with van der Waals surface area (Å²) < 4.78 is 1.32. The second kappa shape index (κ2) is 7.37. The van der Waals surface area contributed by atoms with Gasteiger partial charge in [-0.05, 0) is 44.0 Å². The van der Waals surface area contributed by atoms with E-state index < -0.39 is 0 Å². The van der Waals surface area contributed by atoms with E-state index in [0.717, 1.165) is 47.4 Å². The fourth-order valence-corrected chi connectivity index (χ4v) is 4.42. The third-order valence-corrected chi connectivity index (χ3v) is 6.40. The van der Waals surface area contributed by atoms with Gasteiger partial charge in [-0.1, -0.05) is 11.8 Å². The number of fused-ring (bicyclic) bond motifs is 1. The molecule has 10 heteroatoms. The molecule has 30 heavy (non-hydrogen) atoms. The van der Waals surface area contributed by atoms with Gasteiger partial charge in [-0.25, -0.2) is 19.8 Å². The SMILES string of the molecule is CC1(N)CCN(C2=Nc3ncc(Sc4ccc(-n5nc[nH]c5=O)cc4)nc3C2)CC1. The van der Waals surface area contributed by atoms with Crippen molar-refractivity contribution in [1.82, 2.24) is 29.6 Å². The van der Waals surface area contributed by atoms with Crippen molar-refractivity contribution in [1.29, 1.82) is 0 Å². The van der Waals surface area contributed by atoms with E-state index in [1.807, 2.05) is 24.3 Å². The molecule has 0 spiro atoms. The van der Waals surface area contributed by atoms with Gasteiger partial charge in [0.15, 0.2) is 5.82 Å². The van der Waals surface area contributed by atoms with Crippen molar-refractivity contribution >= 4 is 23.4 Å². The van der Waals surface area contributed by atoms with Gasteiger partial charge in [-0.3, -0.25) is 4.98 Å². The zero-order chi connectivity index (χ0) is 20.7. The highest BCUT2D eigenvalue weighted by molar-refractivity contribution is 7.99. The molecular weight excluding hydrogens is 400 g/mol. The van der Waals surface area contributed by atoms with Crippen LogP contribution in [0.5, 0.6) is 0 Å². The molecule has 154 valence electrons. The monoisotopic (exact) mass is 422 g/mol. The van der Waals surface area contributed by atoms with Gasteiger partial charge in [0.25, 0.3) is 0 Å². The van der Waals surface area contributed by atoms with Crippen molar-refractivity contribution < 1.29 is 0 Å². The summed E-state index contributed by atoms with van der Waals surface area (Å²) in [6, 6.07) is 7.59. The smallest absolute Gasteiger partial charge is 0.347 e. The van der Waals surface area contributed by atoms with Gasteiger partial charge in [-0.15, -0.1) is 0 Å². The number of likely N-dealkylation sites (tertiary alicyclic amines) is 1. The van der Waals surface area contributed by atoms with Crippen molar-refractivity contribution in [3.8, 4) is 5.69 Å². The van der Waals surface area contributed by atoms with Crippen LogP contribution in [0.4, 0.5) is 5.82 Å². The van der Waals surface area contributed by atoms with Crippen molar-refractivity contribution in [2.75, 3.05) is 13.1 Å². The first-order valence-electron chi connectivity index (χ1n) is 9.85. The van der Waals surface area contributed by atoms with Gasteiger partial charge >= 0.3 is 5.69 Å². The summed E-state index contributed by atoms with van der Waals surface area (Å²) in [7, 11) is 0. The second-order valence-corrected chi connectivity index (χ2v) is 9.02. The quantitative estimate of drug-likeness (QED) is 0.662. The predicted molar refractivity (Wildman–Crippen MR) is 115 cm³/mol. The lowest BCUT2D eigenvalue weighted by Gasteiger charge is -2.37. The molecule has 0 bridgehead atoms. The number of H-pyrrole nitrogens is 1. The number of nitrogens with two attached hydrogens (primary N) is 1. The Morgan fingerprint density at radius 3 is 2.67 bits per heavy atom. The molecule has 1 aromatic carbocycles. The number of benzene rings is 1. The number of hydrogen-bond acceptors (Lipinski definition) is 8. The Balaban J connectivity index is 1.26. The van der Waals surface area contributed by atoms with Crippen LogP contribution in [0.3, 0.4) is 0 Å². The number of piperidine rings is 1. The largest absolute Gasteiger partial charge is 0.360 e. The Morgan fingerprint density at radius 1 is 1.20 bits per heavy atom. The van der Waals surface area contributed by atoms with Gasteiger partial charge in [0.1, 0.15) is 17.2 Å². The van der Waals surface area contributed by atoms with E-state index in [-0.39, 0.29) is 11.2 Å². The molecule has 1 fully saturated rings. The minimum atomic E-state index is -0.263. The fourth-order valence-electron chi connectivity index (χ4n) is 3.65. The molecule has 5 rings (SSSR count). The standard InChI is InChI=1S/C20H22N8OS/c1-20(21)6-8-27(9-7-20)16-10-15-18(26-16)22-11-17(25-15)30-14-4-2-13(3-5-14)28-19(29)23-12-24-28/h2-5,11-12H,6-10,21H2,1H3,(H,23,24,29). The topological polar surface area (TPSA) is 118 Å². The highest BCUT2D eigenvalue weighted by Crippen LogP contribution is 2.31. The lowest BCUT2D eigenvalue weighted by molar-refractivity contribution is 0.243. The van der Waals surface area contributed by atoms with Crippen molar-refractivity contribution in [2.45, 2.75) is 41.6 Å². The van der Waals surface area contributed by atoms with Crippen LogP contribution in [-0.2, 0) is 6.42 Å². The fraction of sp³-hybridized carbons (Fsp3) is 0.350. The maximum atomic E-state index is 11.7. The Bertz CT molecular complexity index is 1150. The first kappa shape index (κ1) is 19.0. The molecule has 0 amide bonds. The molecule has 9 nitrogen and oxygen atoms in total. The summed E-state index contributed by atoms with van der Waals surface area (Å²) in [5.41, 5.74) is 7.52. The van der Waals surface area contributed by atoms with Crippen LogP contribution < -0.4 is 11.4 Å². The van der Waals surface area contributed by atoms with E-state index in [1.54, 1.807) is 6.20 Å². The Kier molecular flexibility index (Phi) is 4.67. The summed E-state index contributed by atoms with van der Waals surface area (Å²) >= 11 is 1.53. The Morgan fingerprint density at radius 2 is 1.97 bits per heavy atom. The zero-order valence-corrected chi connectivity index (χ0v) is 17.4. The number of nitrogens with zero attached hydrogens (tertiary/aromatic N) is 6. The molecule has 4 heterocycles. The average molecular weight is 423 g/mol. The highest BCUT2D eigenvalue weighted by Gasteiger charge is 2.30. The predicted octanol–water partition coefficient (Wildman–Crippen LogP) is 1.90. The number of aliphatic imine (C=N–C) groups is 1. The average Bonchev–Trinajstić information content (AvgIpc) is 3.34. The number of nitrogens with one attached hydrogen (secondary N) is 1. The minimum absolute atomic E-state index is 0.0801. The van der Waals surface area contributed by atoms with E-state index in [1.165, 1.54) is 22.8 Å². The summed E-state index contributed by atoms with van der Waals surface area (Å²) in [5, 5.41) is 4.81. The molecular formula is C20H22N8OS. The van der Waals surface area contributed by atoms with Crippen LogP contribution in [0, 0.1) is 0 Å². The normalized spacial score (nSPS) is 17.7. The second-order valence-electron chi connectivity index (χ2n) is 7.93. The third kappa shape index (κ3) is 3.75. The third-order valence-electron chi connectivity index (χ3n) is 5.49. The van der Waals surface area contributed by atoms with E-state index >= 15 is 0 Å². The maximum Gasteiger partial charge on any atom is 0.347 e. The molecule has 2 aliphatic heterocycles. The highest BCUT2D eigenvalue weighted by atomic mass is 32.2. The first-order chi connectivity index (χ1) is 14.5. The molecule has 3 aromatic rings. The van der Waals surface area contributed by atoms with Gasteiger partial charge < -0.3 is 10.6 Å². The van der Waals surface area contributed by atoms with Crippen LogP contribution in [0.15, 0.2) is 56.5 Å². The lowest BCUT2D eigenvalue weighted by Crippen LogP contribution is -2.49. The molecule has 1 saturated heterocycles. The number of aromatic amines is 1. The van der Waals surface area contributed by atoms with E-state index in [9.17, 15) is 4.79 Å². The summed E-state index contributed by atoms with van der Waals surface area (Å²) in [6.07, 6.45) is 5.77. The van der Waals surface area contributed by atoms with Gasteiger partial charge in [0.05, 0.1) is 24.0 Å². The van der Waals surface area contributed by atoms with Gasteiger partial charge in [-0.2, -0.15) is 9.78 Å². The molecule has 2 aromatic heterocycles. The molecule has 0 radical (unpaired) electrons. The van der Waals surface area contributed by atoms with Crippen molar-refractivity contribution in [3.63, 3.8) is 0 Å². The van der Waals surface area contributed by atoms with Crippen molar-refractivity contribution in [3.05, 3.63) is 53.0 Å². The number of hydrogen-bond donors (Lipinski definition) is 2. The number of aromatic nitrogens is 5. The lowest BCUT2D eigenvalue weighted by atomic mass is 9.91. The Labute approximate surface area is 177 Å². The zero-order valence-electron chi connectivity index (χ0n) is 16.6. The van der Waals surface area contributed by atoms with Gasteiger partial charge in [0, 0.05) is 23.5 Å². The summed E-state index contributed by atoms with van der Waals surface area (Å²) in [6.45, 7) is 3.96. The van der Waals surface area contributed by atoms with Crippen LogP contribution in [0.2, 0.25) is 0 Å². The van der Waals surface area contributed by atoms with E-state index in [2.05, 4.69) is 26.9 Å². The molecule has 3 N–H and O–H groups in total. The summed E-state index contributed by atoms with van der Waals surface area (Å²) in [5.74, 6) is 1.75. The molecule has 0 atom stereocenters. The van der Waals surface area contributed by atoms with Crippen LogP contribution in [0.1, 0.15) is 25.5 Å². The first-order valence-corrected chi connectivity index (χ1v) is 10.7. The number of amidine groups is 1. The van der Waals surface area contributed by atoms with Crippen LogP contribution >= 0.6 is 11.8 Å². The molecule has 0 saturated carbocycles. The Hall–Kier alpha value is -2.98. The van der Waals surface area contributed by atoms with E-state index in [4.69, 9.17) is 15.7 Å². The van der Waals surface area contributed by atoms with Crippen LogP contribution in [0.25, 0.3) is 5.69 Å².